The van der Waals surface area contributed by atoms with Gasteiger partial charge in [0.15, 0.2) is 21.3 Å². The molecule has 2 heterocycles. The Kier molecular flexibility index (Phi) is 4.32. The number of likely N-dealkylation sites (tertiary alicyclic amines) is 1. The molecular weight excluding hydrogens is 302 g/mol. The average molecular weight is 325 g/mol. The minimum Gasteiger partial charge on any atom is -0.486 e. The number of hydrogen-bond donors (Lipinski definition) is 0. The lowest BCUT2D eigenvalue weighted by molar-refractivity contribution is 0.0463. The van der Waals surface area contributed by atoms with Crippen LogP contribution in [0.4, 0.5) is 0 Å². The number of piperidine rings is 1. The lowest BCUT2D eigenvalue weighted by atomic mass is 10.00. The van der Waals surface area contributed by atoms with Crippen molar-refractivity contribution in [1.82, 2.24) is 4.90 Å². The fourth-order valence-electron chi connectivity index (χ4n) is 3.16. The molecular formula is C16H23NO4S. The largest absolute Gasteiger partial charge is 0.486 e. The summed E-state index contributed by atoms with van der Waals surface area (Å²) in [5.41, 5.74) is 0. The molecule has 5 nitrogen and oxygen atoms in total. The molecule has 1 saturated heterocycles. The fourth-order valence-corrected chi connectivity index (χ4v) is 3.79. The number of ether oxygens (including phenoxy) is 2. The summed E-state index contributed by atoms with van der Waals surface area (Å²) in [7, 11) is -3.23. The van der Waals surface area contributed by atoms with Gasteiger partial charge in [0, 0.05) is 25.4 Å². The highest BCUT2D eigenvalue weighted by Gasteiger charge is 2.26. The van der Waals surface area contributed by atoms with Gasteiger partial charge in [-0.25, -0.2) is 8.42 Å². The molecule has 0 bridgehead atoms. The van der Waals surface area contributed by atoms with Gasteiger partial charge in [-0.05, 0) is 37.4 Å². The van der Waals surface area contributed by atoms with Crippen LogP contribution in [-0.4, -0.2) is 51.9 Å². The van der Waals surface area contributed by atoms with Crippen molar-refractivity contribution >= 4 is 9.84 Å². The third kappa shape index (κ3) is 3.55. The molecule has 1 unspecified atom stereocenters. The summed E-state index contributed by atoms with van der Waals surface area (Å²) >= 11 is 0. The zero-order valence-corrected chi connectivity index (χ0v) is 13.9. The minimum atomic E-state index is -3.23. The Morgan fingerprint density at radius 2 is 2.14 bits per heavy atom. The number of benzene rings is 1. The van der Waals surface area contributed by atoms with Crippen molar-refractivity contribution in [1.29, 1.82) is 0 Å². The standard InChI is InChI=1S/C16H23NO4S/c1-12-4-3-7-17(9-12)10-13-11-20-15-6-5-14(22(2,18)19)8-16(15)21-13/h5-6,8,12-13H,3-4,7,9-11H2,1-2H3/t12?,13-/m1/s1. The van der Waals surface area contributed by atoms with Gasteiger partial charge in [0.2, 0.25) is 0 Å². The van der Waals surface area contributed by atoms with Crippen molar-refractivity contribution in [3.63, 3.8) is 0 Å². The maximum atomic E-state index is 11.6. The highest BCUT2D eigenvalue weighted by atomic mass is 32.2. The van der Waals surface area contributed by atoms with Gasteiger partial charge in [-0.15, -0.1) is 0 Å². The van der Waals surface area contributed by atoms with Crippen molar-refractivity contribution in [2.45, 2.75) is 30.8 Å². The quantitative estimate of drug-likeness (QED) is 0.850. The van der Waals surface area contributed by atoms with Crippen LogP contribution in [0.15, 0.2) is 23.1 Å². The van der Waals surface area contributed by atoms with Gasteiger partial charge in [0.1, 0.15) is 12.7 Å². The lowest BCUT2D eigenvalue weighted by Crippen LogP contribution is -2.44. The molecule has 0 aromatic heterocycles. The van der Waals surface area contributed by atoms with Gasteiger partial charge in [-0.2, -0.15) is 0 Å². The minimum absolute atomic E-state index is 0.0485. The third-order valence-corrected chi connectivity index (χ3v) is 5.37. The van der Waals surface area contributed by atoms with E-state index in [2.05, 4.69) is 11.8 Å². The second kappa shape index (κ2) is 6.08. The van der Waals surface area contributed by atoms with Gasteiger partial charge < -0.3 is 9.47 Å². The summed E-state index contributed by atoms with van der Waals surface area (Å²) in [6.45, 7) is 5.80. The van der Waals surface area contributed by atoms with Crippen molar-refractivity contribution in [3.05, 3.63) is 18.2 Å². The Balaban J connectivity index is 1.70. The van der Waals surface area contributed by atoms with Gasteiger partial charge in [0.25, 0.3) is 0 Å². The zero-order valence-electron chi connectivity index (χ0n) is 13.1. The molecule has 6 heteroatoms. The highest BCUT2D eigenvalue weighted by molar-refractivity contribution is 7.90. The topological polar surface area (TPSA) is 55.8 Å². The van der Waals surface area contributed by atoms with E-state index in [0.717, 1.165) is 25.6 Å². The summed E-state index contributed by atoms with van der Waals surface area (Å²) < 4.78 is 35.0. The molecule has 0 N–H and O–H groups in total. The van der Waals surface area contributed by atoms with Crippen LogP contribution in [0.3, 0.4) is 0 Å². The van der Waals surface area contributed by atoms with E-state index in [4.69, 9.17) is 9.47 Å². The number of hydrogen-bond acceptors (Lipinski definition) is 5. The molecule has 0 spiro atoms. The van der Waals surface area contributed by atoms with E-state index >= 15 is 0 Å². The maximum Gasteiger partial charge on any atom is 0.175 e. The Hall–Kier alpha value is -1.27. The Labute approximate surface area is 132 Å². The first-order chi connectivity index (χ1) is 10.4. The first-order valence-corrected chi connectivity index (χ1v) is 9.67. The van der Waals surface area contributed by atoms with Crippen LogP contribution in [-0.2, 0) is 9.84 Å². The van der Waals surface area contributed by atoms with E-state index in [1.54, 1.807) is 18.2 Å². The molecule has 2 atom stereocenters. The average Bonchev–Trinajstić information content (AvgIpc) is 2.45. The molecule has 1 fully saturated rings. The van der Waals surface area contributed by atoms with Crippen LogP contribution in [0.25, 0.3) is 0 Å². The summed E-state index contributed by atoms with van der Waals surface area (Å²) in [4.78, 5) is 2.68. The zero-order chi connectivity index (χ0) is 15.7. The monoisotopic (exact) mass is 325 g/mol. The predicted octanol–water partition coefficient (Wildman–Crippen LogP) is 1.96. The predicted molar refractivity (Wildman–Crippen MR) is 84.3 cm³/mol. The van der Waals surface area contributed by atoms with Crippen molar-refractivity contribution in [2.24, 2.45) is 5.92 Å². The summed E-state index contributed by atoms with van der Waals surface area (Å²) in [5, 5.41) is 0. The molecule has 0 amide bonds. The summed E-state index contributed by atoms with van der Waals surface area (Å²) in [6.07, 6.45) is 3.67. The molecule has 3 rings (SSSR count). The molecule has 0 aliphatic carbocycles. The number of rotatable bonds is 3. The Bertz CT molecular complexity index is 644. The van der Waals surface area contributed by atoms with E-state index in [1.165, 1.54) is 19.1 Å². The summed E-state index contributed by atoms with van der Waals surface area (Å²) in [5.74, 6) is 1.88. The van der Waals surface area contributed by atoms with Gasteiger partial charge in [-0.3, -0.25) is 4.90 Å². The van der Waals surface area contributed by atoms with Crippen molar-refractivity contribution in [3.8, 4) is 11.5 Å². The van der Waals surface area contributed by atoms with E-state index in [-0.39, 0.29) is 11.0 Å². The van der Waals surface area contributed by atoms with Gasteiger partial charge >= 0.3 is 0 Å². The normalized spacial score (nSPS) is 25.9. The first kappa shape index (κ1) is 15.6. The smallest absolute Gasteiger partial charge is 0.175 e. The van der Waals surface area contributed by atoms with E-state index < -0.39 is 9.84 Å². The second-order valence-corrected chi connectivity index (χ2v) is 8.45. The molecule has 0 radical (unpaired) electrons. The SMILES string of the molecule is CC1CCCN(C[C@@H]2COc3ccc(S(C)(=O)=O)cc3O2)C1. The van der Waals surface area contributed by atoms with Crippen LogP contribution in [0.1, 0.15) is 19.8 Å². The van der Waals surface area contributed by atoms with Crippen LogP contribution in [0.5, 0.6) is 11.5 Å². The maximum absolute atomic E-state index is 11.6. The van der Waals surface area contributed by atoms with Crippen molar-refractivity contribution < 1.29 is 17.9 Å². The van der Waals surface area contributed by atoms with Gasteiger partial charge in [0.05, 0.1) is 4.90 Å². The van der Waals surface area contributed by atoms with Gasteiger partial charge in [-0.1, -0.05) is 6.92 Å². The first-order valence-electron chi connectivity index (χ1n) is 7.78. The number of nitrogens with zero attached hydrogens (tertiary/aromatic N) is 1. The molecule has 2 aliphatic heterocycles. The van der Waals surface area contributed by atoms with Crippen molar-refractivity contribution in [2.75, 3.05) is 32.5 Å². The summed E-state index contributed by atoms with van der Waals surface area (Å²) in [6, 6.07) is 4.80. The molecule has 1 aromatic carbocycles. The van der Waals surface area contributed by atoms with Crippen LogP contribution in [0.2, 0.25) is 0 Å². The Morgan fingerprint density at radius 1 is 1.32 bits per heavy atom. The third-order valence-electron chi connectivity index (χ3n) is 4.26. The number of sulfone groups is 1. The molecule has 0 saturated carbocycles. The van der Waals surface area contributed by atoms with Crippen LogP contribution >= 0.6 is 0 Å². The highest BCUT2D eigenvalue weighted by Crippen LogP contribution is 2.34. The van der Waals surface area contributed by atoms with E-state index in [1.807, 2.05) is 0 Å². The van der Waals surface area contributed by atoms with E-state index in [9.17, 15) is 8.42 Å². The van der Waals surface area contributed by atoms with Crippen LogP contribution < -0.4 is 9.47 Å². The second-order valence-electron chi connectivity index (χ2n) is 6.44. The molecule has 22 heavy (non-hydrogen) atoms. The molecule has 2 aliphatic rings. The fraction of sp³-hybridized carbons (Fsp3) is 0.625. The lowest BCUT2D eigenvalue weighted by Gasteiger charge is -2.35. The molecule has 1 aromatic rings. The van der Waals surface area contributed by atoms with E-state index in [0.29, 0.717) is 18.1 Å². The van der Waals surface area contributed by atoms with Crippen LogP contribution in [0, 0.1) is 5.92 Å². The Morgan fingerprint density at radius 3 is 2.86 bits per heavy atom. The molecule has 122 valence electrons. The number of fused-ring (bicyclic) bond motifs is 1.